The van der Waals surface area contributed by atoms with Gasteiger partial charge < -0.3 is 0 Å². The molecule has 0 bridgehead atoms. The molecule has 0 spiro atoms. The molecular weight excluding hydrogens is 326 g/mol. The Balaban J connectivity index is 2.00. The SMILES string of the molecule is O=[N+]([O-])c1cccc(CSCc2ccccc2)c1Br. The van der Waals surface area contributed by atoms with Gasteiger partial charge in [0.2, 0.25) is 0 Å². The van der Waals surface area contributed by atoms with Crippen molar-refractivity contribution in [3.63, 3.8) is 0 Å². The van der Waals surface area contributed by atoms with Gasteiger partial charge in [0.1, 0.15) is 0 Å². The Morgan fingerprint density at radius 2 is 1.79 bits per heavy atom. The molecule has 0 aromatic heterocycles. The zero-order valence-corrected chi connectivity index (χ0v) is 12.5. The average molecular weight is 338 g/mol. The fourth-order valence-electron chi connectivity index (χ4n) is 1.67. The molecule has 0 amide bonds. The largest absolute Gasteiger partial charge is 0.283 e. The van der Waals surface area contributed by atoms with Crippen LogP contribution in [0.2, 0.25) is 0 Å². The van der Waals surface area contributed by atoms with Crippen LogP contribution in [-0.4, -0.2) is 4.92 Å². The van der Waals surface area contributed by atoms with Crippen LogP contribution in [0.15, 0.2) is 53.0 Å². The second kappa shape index (κ2) is 6.73. The summed E-state index contributed by atoms with van der Waals surface area (Å²) in [5.41, 5.74) is 2.34. The highest BCUT2D eigenvalue weighted by Crippen LogP contribution is 2.31. The number of nitro benzene ring substituents is 1. The maximum absolute atomic E-state index is 10.8. The van der Waals surface area contributed by atoms with Crippen LogP contribution < -0.4 is 0 Å². The van der Waals surface area contributed by atoms with E-state index >= 15 is 0 Å². The normalized spacial score (nSPS) is 10.4. The van der Waals surface area contributed by atoms with Crippen LogP contribution in [-0.2, 0) is 11.5 Å². The summed E-state index contributed by atoms with van der Waals surface area (Å²) in [6.45, 7) is 0. The Bertz CT molecular complexity index is 575. The average Bonchev–Trinajstić information content (AvgIpc) is 2.41. The van der Waals surface area contributed by atoms with Crippen LogP contribution in [0, 0.1) is 10.1 Å². The standard InChI is InChI=1S/C14H12BrNO2S/c15-14-12(7-4-8-13(14)16(17)18)10-19-9-11-5-2-1-3-6-11/h1-8H,9-10H2. The van der Waals surface area contributed by atoms with Crippen molar-refractivity contribution < 1.29 is 4.92 Å². The van der Waals surface area contributed by atoms with Gasteiger partial charge in [0.25, 0.3) is 5.69 Å². The van der Waals surface area contributed by atoms with Crippen molar-refractivity contribution in [3.05, 3.63) is 74.2 Å². The molecule has 0 atom stereocenters. The molecule has 19 heavy (non-hydrogen) atoms. The van der Waals surface area contributed by atoms with Crippen molar-refractivity contribution in [1.82, 2.24) is 0 Å². The highest BCUT2D eigenvalue weighted by atomic mass is 79.9. The molecule has 0 heterocycles. The van der Waals surface area contributed by atoms with Crippen molar-refractivity contribution in [3.8, 4) is 0 Å². The molecule has 0 saturated carbocycles. The molecule has 98 valence electrons. The van der Waals surface area contributed by atoms with E-state index in [9.17, 15) is 10.1 Å². The van der Waals surface area contributed by atoms with Gasteiger partial charge in [0.05, 0.1) is 9.40 Å². The molecule has 0 unspecified atom stereocenters. The Labute approximate surface area is 124 Å². The summed E-state index contributed by atoms with van der Waals surface area (Å²) in [6.07, 6.45) is 0. The van der Waals surface area contributed by atoms with Gasteiger partial charge in [-0.3, -0.25) is 10.1 Å². The summed E-state index contributed by atoms with van der Waals surface area (Å²) in [5.74, 6) is 1.65. The number of hydrogen-bond acceptors (Lipinski definition) is 3. The number of halogens is 1. The summed E-state index contributed by atoms with van der Waals surface area (Å²) in [7, 11) is 0. The van der Waals surface area contributed by atoms with Crippen molar-refractivity contribution >= 4 is 33.4 Å². The molecule has 0 aliphatic carbocycles. The lowest BCUT2D eigenvalue weighted by Crippen LogP contribution is -1.92. The number of benzene rings is 2. The molecule has 5 heteroatoms. The minimum absolute atomic E-state index is 0.123. The van der Waals surface area contributed by atoms with Gasteiger partial charge >= 0.3 is 0 Å². The van der Waals surface area contributed by atoms with Crippen molar-refractivity contribution in [2.75, 3.05) is 0 Å². The lowest BCUT2D eigenvalue weighted by molar-refractivity contribution is -0.385. The fraction of sp³-hybridized carbons (Fsp3) is 0.143. The highest BCUT2D eigenvalue weighted by molar-refractivity contribution is 9.10. The Hall–Kier alpha value is -1.33. The highest BCUT2D eigenvalue weighted by Gasteiger charge is 2.14. The molecule has 2 aromatic carbocycles. The summed E-state index contributed by atoms with van der Waals surface area (Å²) in [5, 5.41) is 10.8. The van der Waals surface area contributed by atoms with E-state index in [-0.39, 0.29) is 10.6 Å². The quantitative estimate of drug-likeness (QED) is 0.581. The molecule has 0 radical (unpaired) electrons. The number of rotatable bonds is 5. The number of thioether (sulfide) groups is 1. The van der Waals surface area contributed by atoms with Crippen molar-refractivity contribution in [2.24, 2.45) is 0 Å². The van der Waals surface area contributed by atoms with E-state index in [1.54, 1.807) is 17.8 Å². The van der Waals surface area contributed by atoms with Gasteiger partial charge in [-0.05, 0) is 27.1 Å². The zero-order valence-electron chi connectivity index (χ0n) is 10.1. The van der Waals surface area contributed by atoms with Crippen molar-refractivity contribution in [2.45, 2.75) is 11.5 Å². The maximum atomic E-state index is 10.8. The smallest absolute Gasteiger partial charge is 0.258 e. The first-order valence-electron chi connectivity index (χ1n) is 5.72. The molecule has 0 N–H and O–H groups in total. The molecule has 2 aromatic rings. The predicted octanol–water partition coefficient (Wildman–Crippen LogP) is 4.79. The fourth-order valence-corrected chi connectivity index (χ4v) is 3.40. The van der Waals surface area contributed by atoms with Gasteiger partial charge in [-0.25, -0.2) is 0 Å². The van der Waals surface area contributed by atoms with E-state index in [4.69, 9.17) is 0 Å². The third kappa shape index (κ3) is 3.81. The van der Waals surface area contributed by atoms with Gasteiger partial charge in [-0.2, -0.15) is 11.8 Å². The van der Waals surface area contributed by atoms with Crippen molar-refractivity contribution in [1.29, 1.82) is 0 Å². The van der Waals surface area contributed by atoms with Crippen LogP contribution in [0.1, 0.15) is 11.1 Å². The lowest BCUT2D eigenvalue weighted by Gasteiger charge is -2.05. The lowest BCUT2D eigenvalue weighted by atomic mass is 10.2. The molecule has 2 rings (SSSR count). The van der Waals surface area contributed by atoms with E-state index in [1.807, 2.05) is 24.3 Å². The Kier molecular flexibility index (Phi) is 4.99. The summed E-state index contributed by atoms with van der Waals surface area (Å²) in [4.78, 5) is 10.5. The first-order valence-corrected chi connectivity index (χ1v) is 7.66. The molecule has 0 aliphatic rings. The molecular formula is C14H12BrNO2S. The summed E-state index contributed by atoms with van der Waals surface area (Å²) < 4.78 is 0.584. The van der Waals surface area contributed by atoms with Crippen LogP contribution in [0.25, 0.3) is 0 Å². The van der Waals surface area contributed by atoms with E-state index in [2.05, 4.69) is 28.1 Å². The third-order valence-corrected chi connectivity index (χ3v) is 4.59. The molecule has 0 aliphatic heterocycles. The monoisotopic (exact) mass is 337 g/mol. The minimum Gasteiger partial charge on any atom is -0.258 e. The maximum Gasteiger partial charge on any atom is 0.283 e. The van der Waals surface area contributed by atoms with Crippen LogP contribution in [0.4, 0.5) is 5.69 Å². The van der Waals surface area contributed by atoms with Gasteiger partial charge in [0.15, 0.2) is 0 Å². The van der Waals surface area contributed by atoms with Gasteiger partial charge in [-0.1, -0.05) is 42.5 Å². The summed E-state index contributed by atoms with van der Waals surface area (Å²) in [6, 6.07) is 15.3. The second-order valence-electron chi connectivity index (χ2n) is 3.99. The van der Waals surface area contributed by atoms with E-state index in [0.717, 1.165) is 17.1 Å². The van der Waals surface area contributed by atoms with Crippen LogP contribution >= 0.6 is 27.7 Å². The zero-order chi connectivity index (χ0) is 13.7. The van der Waals surface area contributed by atoms with E-state index < -0.39 is 0 Å². The topological polar surface area (TPSA) is 43.1 Å². The molecule has 0 fully saturated rings. The molecule has 3 nitrogen and oxygen atoms in total. The Morgan fingerprint density at radius 3 is 2.47 bits per heavy atom. The number of hydrogen-bond donors (Lipinski definition) is 0. The van der Waals surface area contributed by atoms with Crippen LogP contribution in [0.5, 0.6) is 0 Å². The molecule has 0 saturated heterocycles. The first-order chi connectivity index (χ1) is 9.18. The minimum atomic E-state index is -0.366. The second-order valence-corrected chi connectivity index (χ2v) is 5.76. The third-order valence-electron chi connectivity index (χ3n) is 2.62. The predicted molar refractivity (Wildman–Crippen MR) is 82.2 cm³/mol. The van der Waals surface area contributed by atoms with Gasteiger partial charge in [-0.15, -0.1) is 0 Å². The first kappa shape index (κ1) is 14.1. The number of nitro groups is 1. The Morgan fingerprint density at radius 1 is 1.05 bits per heavy atom. The number of nitrogens with zero attached hydrogens (tertiary/aromatic N) is 1. The van der Waals surface area contributed by atoms with E-state index in [0.29, 0.717) is 4.47 Å². The van der Waals surface area contributed by atoms with E-state index in [1.165, 1.54) is 11.6 Å². The van der Waals surface area contributed by atoms with Gasteiger partial charge in [0, 0.05) is 17.6 Å². The van der Waals surface area contributed by atoms with Crippen LogP contribution in [0.3, 0.4) is 0 Å². The summed E-state index contributed by atoms with van der Waals surface area (Å²) >= 11 is 5.05.